The lowest BCUT2D eigenvalue weighted by molar-refractivity contribution is -0.146. The van der Waals surface area contributed by atoms with Crippen LogP contribution in [0.3, 0.4) is 0 Å². The Balaban J connectivity index is 0.00000288. The number of nitrogens with zero attached hydrogens (tertiary/aromatic N) is 3. The van der Waals surface area contributed by atoms with Gasteiger partial charge in [-0.15, -0.1) is 0 Å². The Kier molecular flexibility index (Phi) is 27.8. The minimum atomic E-state index is -0.566. The maximum atomic E-state index is 14.0. The number of benzene rings is 1. The van der Waals surface area contributed by atoms with Crippen LogP contribution in [0, 0.1) is 17.8 Å². The fourth-order valence-corrected chi connectivity index (χ4v) is 7.46. The highest BCUT2D eigenvalue weighted by atomic mass is 16.5. The lowest BCUT2D eigenvalue weighted by Gasteiger charge is -2.39. The minimum Gasteiger partial charge on any atom is -0.392 e. The van der Waals surface area contributed by atoms with Crippen molar-refractivity contribution in [2.24, 2.45) is 17.8 Å². The topological polar surface area (TPSA) is 170 Å². The van der Waals surface area contributed by atoms with Crippen LogP contribution in [0.4, 0.5) is 0 Å². The number of aliphatic hydroxyl groups is 1. The summed E-state index contributed by atoms with van der Waals surface area (Å²) < 4.78 is 11.9. The van der Waals surface area contributed by atoms with Crippen molar-refractivity contribution in [3.63, 3.8) is 0 Å². The number of hydrogen-bond donors (Lipinski definition) is 4. The lowest BCUT2D eigenvalue weighted by atomic mass is 9.90. The van der Waals surface area contributed by atoms with Crippen molar-refractivity contribution in [1.82, 2.24) is 30.7 Å². The second-order valence-corrected chi connectivity index (χ2v) is 16.2. The number of nitrogens with one attached hydrogen (secondary N) is 3. The van der Waals surface area contributed by atoms with Crippen LogP contribution in [0.15, 0.2) is 30.3 Å². The second-order valence-electron chi connectivity index (χ2n) is 16.2. The normalized spacial score (nSPS) is 17.8. The maximum Gasteiger partial charge on any atom is 0.242 e. The highest BCUT2D eigenvalue weighted by Gasteiger charge is 2.42. The van der Waals surface area contributed by atoms with E-state index in [0.717, 1.165) is 31.2 Å². The molecule has 334 valence electrons. The van der Waals surface area contributed by atoms with E-state index in [0.29, 0.717) is 19.5 Å². The molecular formula is C44H80N6O8. The van der Waals surface area contributed by atoms with E-state index in [2.05, 4.69) is 29.8 Å². The molecule has 0 aromatic heterocycles. The van der Waals surface area contributed by atoms with Gasteiger partial charge in [0.1, 0.15) is 0 Å². The number of carbonyl (C=O) groups is 5. The largest absolute Gasteiger partial charge is 0.392 e. The van der Waals surface area contributed by atoms with Crippen LogP contribution in [0.1, 0.15) is 100.0 Å². The van der Waals surface area contributed by atoms with Crippen LogP contribution < -0.4 is 16.0 Å². The van der Waals surface area contributed by atoms with Crippen LogP contribution in [-0.4, -0.2) is 147 Å². The maximum absolute atomic E-state index is 14.0. The number of rotatable bonds is 22. The fourth-order valence-electron chi connectivity index (χ4n) is 7.46. The predicted molar refractivity (Wildman–Crippen MR) is 231 cm³/mol. The number of hydrogen-bond acceptors (Lipinski definition) is 9. The summed E-state index contributed by atoms with van der Waals surface area (Å²) in [6.45, 7) is 18.5. The summed E-state index contributed by atoms with van der Waals surface area (Å²) in [5, 5.41) is 16.7. The first kappa shape index (κ1) is 54.4. The molecule has 0 bridgehead atoms. The molecule has 9 atom stereocenters. The highest BCUT2D eigenvalue weighted by molar-refractivity contribution is 5.87. The summed E-state index contributed by atoms with van der Waals surface area (Å²) in [5.41, 5.74) is 1.15. The first-order valence-electron chi connectivity index (χ1n) is 21.1. The first-order valence-corrected chi connectivity index (χ1v) is 21.1. The molecule has 0 spiro atoms. The zero-order valence-electron chi connectivity index (χ0n) is 38.2. The third-order valence-electron chi connectivity index (χ3n) is 10.4. The van der Waals surface area contributed by atoms with Crippen LogP contribution in [-0.2, 0) is 39.9 Å². The first-order chi connectivity index (χ1) is 27.4. The molecule has 4 N–H and O–H groups in total. The highest BCUT2D eigenvalue weighted by Crippen LogP contribution is 2.29. The van der Waals surface area contributed by atoms with E-state index in [1.165, 1.54) is 6.42 Å². The minimum absolute atomic E-state index is 0.0280. The Bertz CT molecular complexity index is 1310. The molecule has 1 aromatic carbocycles. The summed E-state index contributed by atoms with van der Waals surface area (Å²) in [6.07, 6.45) is 3.44. The van der Waals surface area contributed by atoms with Gasteiger partial charge in [0.15, 0.2) is 0 Å². The Morgan fingerprint density at radius 3 is 2.02 bits per heavy atom. The Morgan fingerprint density at radius 2 is 1.55 bits per heavy atom. The fraction of sp³-hybridized carbons (Fsp3) is 0.750. The van der Waals surface area contributed by atoms with Crippen molar-refractivity contribution in [3.8, 4) is 0 Å². The smallest absolute Gasteiger partial charge is 0.242 e. The SMILES string of the molecule is CC(O)CNC=O.CCC.CCC(C)C(C(CC(=O)N1CCCC1C(OC)C(C)C(=O)NC(C)Cc1ccccc1)OC)N(C)C(=O)CNC(=O)C(C(C)C)N(C)C. The molecule has 1 heterocycles. The Hall–Kier alpha value is -3.59. The summed E-state index contributed by atoms with van der Waals surface area (Å²) in [7, 11) is 8.58. The Labute approximate surface area is 350 Å². The average molecular weight is 821 g/mol. The van der Waals surface area contributed by atoms with Crippen molar-refractivity contribution in [2.75, 3.05) is 55.0 Å². The zero-order valence-corrected chi connectivity index (χ0v) is 38.2. The number of carbonyl (C=O) groups excluding carboxylic acids is 5. The summed E-state index contributed by atoms with van der Waals surface area (Å²) in [6, 6.07) is 8.99. The van der Waals surface area contributed by atoms with Gasteiger partial charge in [0.2, 0.25) is 30.0 Å². The van der Waals surface area contributed by atoms with E-state index in [1.54, 1.807) is 33.1 Å². The summed E-state index contributed by atoms with van der Waals surface area (Å²) in [5.74, 6) is -1.00. The number of aliphatic hydroxyl groups excluding tert-OH is 1. The van der Waals surface area contributed by atoms with E-state index in [-0.39, 0.29) is 66.6 Å². The number of ether oxygens (including phenoxy) is 2. The third-order valence-corrected chi connectivity index (χ3v) is 10.4. The standard InChI is InChI=1S/C37H63N5O6.C4H9NO2.C3H8/c1-12-25(4)34(41(9)32(44)23-38-37(46)33(24(2)3)40(7)8)30(47-10)22-31(43)42-20-16-19-29(42)35(48-11)27(6)36(45)39-26(5)21-28-17-14-13-15-18-28;1-4(7)2-5-3-6;1-3-2/h13-15,17-18,24-27,29-30,33-35H,12,16,19-23H2,1-11H3,(H,38,46)(H,39,45);3-4,7H,2H2,1H3,(H,5,6);3H2,1-2H3. The van der Waals surface area contributed by atoms with Crippen LogP contribution in [0.5, 0.6) is 0 Å². The molecule has 1 aliphatic rings. The van der Waals surface area contributed by atoms with Gasteiger partial charge in [-0.2, -0.15) is 0 Å². The zero-order chi connectivity index (χ0) is 44.5. The van der Waals surface area contributed by atoms with Gasteiger partial charge in [-0.1, -0.05) is 91.6 Å². The Morgan fingerprint density at radius 1 is 0.948 bits per heavy atom. The lowest BCUT2D eigenvalue weighted by Crippen LogP contribution is -2.55. The summed E-state index contributed by atoms with van der Waals surface area (Å²) >= 11 is 0. The third kappa shape index (κ3) is 19.0. The van der Waals surface area contributed by atoms with Crippen LogP contribution >= 0.6 is 0 Å². The molecule has 5 amide bonds. The molecule has 2 rings (SSSR count). The van der Waals surface area contributed by atoms with E-state index >= 15 is 0 Å². The van der Waals surface area contributed by atoms with Crippen LogP contribution in [0.2, 0.25) is 0 Å². The van der Waals surface area contributed by atoms with Crippen molar-refractivity contribution >= 4 is 30.0 Å². The predicted octanol–water partition coefficient (Wildman–Crippen LogP) is 3.89. The monoisotopic (exact) mass is 821 g/mol. The van der Waals surface area contributed by atoms with E-state index < -0.39 is 30.3 Å². The van der Waals surface area contributed by atoms with Gasteiger partial charge in [0.25, 0.3) is 0 Å². The molecule has 1 fully saturated rings. The number of likely N-dealkylation sites (tertiary alicyclic amines) is 1. The van der Waals surface area contributed by atoms with Gasteiger partial charge in [0.05, 0.1) is 55.3 Å². The molecular weight excluding hydrogens is 741 g/mol. The molecule has 9 unspecified atom stereocenters. The molecule has 0 saturated carbocycles. The quantitative estimate of drug-likeness (QED) is 0.127. The van der Waals surface area contributed by atoms with E-state index in [4.69, 9.17) is 14.6 Å². The van der Waals surface area contributed by atoms with Gasteiger partial charge in [-0.05, 0) is 64.6 Å². The van der Waals surface area contributed by atoms with Crippen LogP contribution in [0.25, 0.3) is 0 Å². The molecule has 0 aliphatic carbocycles. The van der Waals surface area contributed by atoms with Crippen molar-refractivity contribution in [1.29, 1.82) is 0 Å². The van der Waals surface area contributed by atoms with Gasteiger partial charge >= 0.3 is 0 Å². The molecule has 0 radical (unpaired) electrons. The molecule has 58 heavy (non-hydrogen) atoms. The van der Waals surface area contributed by atoms with Gasteiger partial charge in [-0.3, -0.25) is 28.9 Å². The van der Waals surface area contributed by atoms with Gasteiger partial charge in [-0.25, -0.2) is 0 Å². The summed E-state index contributed by atoms with van der Waals surface area (Å²) in [4.78, 5) is 68.4. The van der Waals surface area contributed by atoms with Crippen molar-refractivity contribution in [2.45, 2.75) is 143 Å². The van der Waals surface area contributed by atoms with Crippen molar-refractivity contribution < 1.29 is 38.6 Å². The second kappa shape index (κ2) is 29.6. The van der Waals surface area contributed by atoms with Gasteiger partial charge in [0, 0.05) is 40.4 Å². The molecule has 1 aliphatic heterocycles. The number of likely N-dealkylation sites (N-methyl/N-ethyl adjacent to an activating group) is 2. The molecule has 14 heteroatoms. The molecule has 14 nitrogen and oxygen atoms in total. The van der Waals surface area contributed by atoms with E-state index in [1.807, 2.05) is 95.8 Å². The average Bonchev–Trinajstić information content (AvgIpc) is 3.66. The molecule has 1 aromatic rings. The van der Waals surface area contributed by atoms with Crippen molar-refractivity contribution in [3.05, 3.63) is 35.9 Å². The van der Waals surface area contributed by atoms with Gasteiger partial charge < -0.3 is 40.3 Å². The molecule has 1 saturated heterocycles. The number of amides is 5. The number of methoxy groups -OCH3 is 2. The van der Waals surface area contributed by atoms with E-state index in [9.17, 15) is 24.0 Å².